The zero-order valence-electron chi connectivity index (χ0n) is 17.3. The van der Waals surface area contributed by atoms with Crippen LogP contribution in [0.1, 0.15) is 25.8 Å². The molecule has 0 spiro atoms. The fourth-order valence-electron chi connectivity index (χ4n) is 3.14. The van der Waals surface area contributed by atoms with Crippen LogP contribution in [0.5, 0.6) is 5.75 Å². The van der Waals surface area contributed by atoms with Crippen LogP contribution in [0, 0.1) is 0 Å². The van der Waals surface area contributed by atoms with Crippen molar-refractivity contribution in [2.45, 2.75) is 38.8 Å². The summed E-state index contributed by atoms with van der Waals surface area (Å²) in [6, 6.07) is 23.6. The van der Waals surface area contributed by atoms with E-state index in [0.717, 1.165) is 23.6 Å². The van der Waals surface area contributed by atoms with Gasteiger partial charge in [-0.2, -0.15) is 0 Å². The molecule has 2 atom stereocenters. The Kier molecular flexibility index (Phi) is 7.44. The van der Waals surface area contributed by atoms with Gasteiger partial charge in [0.2, 0.25) is 0 Å². The number of esters is 1. The van der Waals surface area contributed by atoms with Gasteiger partial charge >= 0.3 is 5.97 Å². The molecule has 0 heterocycles. The van der Waals surface area contributed by atoms with Crippen LogP contribution in [0.15, 0.2) is 72.8 Å². The van der Waals surface area contributed by atoms with Gasteiger partial charge in [-0.3, -0.25) is 4.79 Å². The van der Waals surface area contributed by atoms with Crippen molar-refractivity contribution in [1.29, 1.82) is 0 Å². The second-order valence-electron chi connectivity index (χ2n) is 7.36. The monoisotopic (exact) mass is 405 g/mol. The van der Waals surface area contributed by atoms with Crippen LogP contribution < -0.4 is 10.1 Å². The molecule has 3 rings (SSSR count). The lowest BCUT2D eigenvalue weighted by Crippen LogP contribution is -2.41. The van der Waals surface area contributed by atoms with Crippen molar-refractivity contribution in [2.75, 3.05) is 6.61 Å². The van der Waals surface area contributed by atoms with Gasteiger partial charge in [0.25, 0.3) is 5.91 Å². The summed E-state index contributed by atoms with van der Waals surface area (Å²) in [5.41, 5.74) is 1.23. The van der Waals surface area contributed by atoms with Crippen molar-refractivity contribution in [1.82, 2.24) is 5.32 Å². The van der Waals surface area contributed by atoms with E-state index in [9.17, 15) is 9.59 Å². The van der Waals surface area contributed by atoms with Gasteiger partial charge in [0.05, 0.1) is 0 Å². The SMILES string of the molecule is C[C@H](OC(=O)COc1ccc2ccccc2c1)C(=O)N[C@@H](C)CCc1ccccc1. The minimum absolute atomic E-state index is 0.0206. The number of hydrogen-bond donors (Lipinski definition) is 1. The number of aryl methyl sites for hydroxylation is 1. The number of fused-ring (bicyclic) bond motifs is 1. The maximum atomic E-state index is 12.3. The number of hydrogen-bond acceptors (Lipinski definition) is 4. The van der Waals surface area contributed by atoms with Gasteiger partial charge in [-0.15, -0.1) is 0 Å². The summed E-state index contributed by atoms with van der Waals surface area (Å²) in [6.07, 6.45) is 0.800. The fourth-order valence-corrected chi connectivity index (χ4v) is 3.14. The first-order chi connectivity index (χ1) is 14.5. The van der Waals surface area contributed by atoms with Crippen LogP contribution in [0.3, 0.4) is 0 Å². The number of ether oxygens (including phenoxy) is 2. The fraction of sp³-hybridized carbons (Fsp3) is 0.280. The van der Waals surface area contributed by atoms with Gasteiger partial charge in [0, 0.05) is 6.04 Å². The molecule has 0 aromatic heterocycles. The summed E-state index contributed by atoms with van der Waals surface area (Å²) < 4.78 is 10.7. The number of rotatable bonds is 9. The van der Waals surface area contributed by atoms with Crippen LogP contribution in [-0.2, 0) is 20.7 Å². The maximum absolute atomic E-state index is 12.3. The van der Waals surface area contributed by atoms with E-state index in [0.29, 0.717) is 5.75 Å². The van der Waals surface area contributed by atoms with E-state index in [2.05, 4.69) is 17.4 Å². The first kappa shape index (κ1) is 21.4. The van der Waals surface area contributed by atoms with Gasteiger partial charge < -0.3 is 14.8 Å². The Morgan fingerprint density at radius 2 is 1.60 bits per heavy atom. The van der Waals surface area contributed by atoms with Crippen LogP contribution in [0.25, 0.3) is 10.8 Å². The Morgan fingerprint density at radius 1 is 0.900 bits per heavy atom. The van der Waals surface area contributed by atoms with E-state index in [1.807, 2.05) is 61.5 Å². The third-order valence-electron chi connectivity index (χ3n) is 4.85. The number of nitrogens with one attached hydrogen (secondary N) is 1. The smallest absolute Gasteiger partial charge is 0.344 e. The lowest BCUT2D eigenvalue weighted by Gasteiger charge is -2.18. The van der Waals surface area contributed by atoms with Crippen molar-refractivity contribution in [3.05, 3.63) is 78.4 Å². The van der Waals surface area contributed by atoms with E-state index >= 15 is 0 Å². The molecule has 0 saturated heterocycles. The summed E-state index contributed by atoms with van der Waals surface area (Å²) in [7, 11) is 0. The van der Waals surface area contributed by atoms with Crippen LogP contribution in [0.2, 0.25) is 0 Å². The minimum Gasteiger partial charge on any atom is -0.482 e. The van der Waals surface area contributed by atoms with Gasteiger partial charge in [-0.1, -0.05) is 60.7 Å². The molecule has 1 N–H and O–H groups in total. The van der Waals surface area contributed by atoms with Crippen molar-refractivity contribution in [2.24, 2.45) is 0 Å². The zero-order chi connectivity index (χ0) is 21.3. The molecule has 3 aromatic carbocycles. The lowest BCUT2D eigenvalue weighted by atomic mass is 10.1. The number of carbonyl (C=O) groups excluding carboxylic acids is 2. The molecule has 5 heteroatoms. The second-order valence-corrected chi connectivity index (χ2v) is 7.36. The Labute approximate surface area is 177 Å². The third kappa shape index (κ3) is 6.34. The van der Waals surface area contributed by atoms with Crippen LogP contribution in [-0.4, -0.2) is 30.6 Å². The predicted octanol–water partition coefficient (Wildman–Crippen LogP) is 4.29. The van der Waals surface area contributed by atoms with Gasteiger partial charge in [-0.25, -0.2) is 4.79 Å². The summed E-state index contributed by atoms with van der Waals surface area (Å²) in [5, 5.41) is 5.02. The molecule has 156 valence electrons. The van der Waals surface area contributed by atoms with E-state index in [-0.39, 0.29) is 18.6 Å². The summed E-state index contributed by atoms with van der Waals surface area (Å²) in [4.78, 5) is 24.4. The molecule has 0 aliphatic carbocycles. The molecular weight excluding hydrogens is 378 g/mol. The predicted molar refractivity (Wildman–Crippen MR) is 117 cm³/mol. The summed E-state index contributed by atoms with van der Waals surface area (Å²) in [5.74, 6) is -0.311. The average Bonchev–Trinajstić information content (AvgIpc) is 2.76. The zero-order valence-corrected chi connectivity index (χ0v) is 17.3. The highest BCUT2D eigenvalue weighted by Crippen LogP contribution is 2.20. The summed E-state index contributed by atoms with van der Waals surface area (Å²) >= 11 is 0. The molecule has 0 aliphatic heterocycles. The number of benzene rings is 3. The van der Waals surface area contributed by atoms with Crippen molar-refractivity contribution in [3.63, 3.8) is 0 Å². The Morgan fingerprint density at radius 3 is 2.37 bits per heavy atom. The average molecular weight is 405 g/mol. The van der Waals surface area contributed by atoms with E-state index < -0.39 is 12.1 Å². The first-order valence-corrected chi connectivity index (χ1v) is 10.2. The minimum atomic E-state index is -0.878. The third-order valence-corrected chi connectivity index (χ3v) is 4.85. The normalized spacial score (nSPS) is 12.7. The van der Waals surface area contributed by atoms with E-state index in [4.69, 9.17) is 9.47 Å². The molecule has 0 radical (unpaired) electrons. The molecule has 0 unspecified atom stereocenters. The largest absolute Gasteiger partial charge is 0.482 e. The number of carbonyl (C=O) groups is 2. The molecule has 5 nitrogen and oxygen atoms in total. The quantitative estimate of drug-likeness (QED) is 0.540. The highest BCUT2D eigenvalue weighted by molar-refractivity contribution is 5.85. The molecular formula is C25H27NO4. The molecule has 1 amide bonds. The first-order valence-electron chi connectivity index (χ1n) is 10.2. The van der Waals surface area contributed by atoms with Crippen molar-refractivity contribution in [3.8, 4) is 5.75 Å². The Balaban J connectivity index is 1.40. The standard InChI is InChI=1S/C25H27NO4/c1-18(12-13-20-8-4-3-5-9-20)26-25(28)19(2)30-24(27)17-29-23-15-14-21-10-6-7-11-22(21)16-23/h3-11,14-16,18-19H,12-13,17H2,1-2H3,(H,26,28)/t18-,19-/m0/s1. The van der Waals surface area contributed by atoms with Crippen LogP contribution in [0.4, 0.5) is 0 Å². The van der Waals surface area contributed by atoms with Crippen molar-refractivity contribution >= 4 is 22.6 Å². The highest BCUT2D eigenvalue weighted by atomic mass is 16.6. The highest BCUT2D eigenvalue weighted by Gasteiger charge is 2.19. The van der Waals surface area contributed by atoms with Crippen LogP contribution >= 0.6 is 0 Å². The molecule has 0 fully saturated rings. The number of amides is 1. The van der Waals surface area contributed by atoms with E-state index in [1.54, 1.807) is 13.0 Å². The van der Waals surface area contributed by atoms with Gasteiger partial charge in [0.1, 0.15) is 5.75 Å². The van der Waals surface area contributed by atoms with Gasteiger partial charge in [0.15, 0.2) is 12.7 Å². The summed E-state index contributed by atoms with van der Waals surface area (Å²) in [6.45, 7) is 3.25. The molecule has 0 saturated carbocycles. The second kappa shape index (κ2) is 10.4. The Bertz CT molecular complexity index is 987. The Hall–Kier alpha value is -3.34. The maximum Gasteiger partial charge on any atom is 0.344 e. The molecule has 0 bridgehead atoms. The molecule has 0 aliphatic rings. The van der Waals surface area contributed by atoms with Gasteiger partial charge in [-0.05, 0) is 55.2 Å². The van der Waals surface area contributed by atoms with E-state index in [1.165, 1.54) is 5.56 Å². The lowest BCUT2D eigenvalue weighted by molar-refractivity contribution is -0.156. The molecule has 3 aromatic rings. The topological polar surface area (TPSA) is 64.6 Å². The molecule has 30 heavy (non-hydrogen) atoms. The van der Waals surface area contributed by atoms with Crippen molar-refractivity contribution < 1.29 is 19.1 Å².